The molecule has 24 heavy (non-hydrogen) atoms. The lowest BCUT2D eigenvalue weighted by Gasteiger charge is -2.27. The van der Waals surface area contributed by atoms with Crippen LogP contribution in [0.3, 0.4) is 0 Å². The fourth-order valence-corrected chi connectivity index (χ4v) is 3.67. The quantitative estimate of drug-likeness (QED) is 0.701. The van der Waals surface area contributed by atoms with E-state index < -0.39 is 10.0 Å². The second kappa shape index (κ2) is 8.77. The number of piperazine rings is 1. The van der Waals surface area contributed by atoms with Gasteiger partial charge in [-0.2, -0.15) is 4.31 Å². The van der Waals surface area contributed by atoms with E-state index in [1.807, 2.05) is 0 Å². The van der Waals surface area contributed by atoms with Gasteiger partial charge in [-0.1, -0.05) is 11.6 Å². The minimum atomic E-state index is -3.70. The third kappa shape index (κ3) is 5.42. The Labute approximate surface area is 148 Å². The van der Waals surface area contributed by atoms with Crippen LogP contribution in [0.5, 0.6) is 0 Å². The molecule has 0 radical (unpaired) electrons. The van der Waals surface area contributed by atoms with Crippen LogP contribution in [0.15, 0.2) is 29.2 Å². The highest BCUT2D eigenvalue weighted by Crippen LogP contribution is 2.17. The highest BCUT2D eigenvalue weighted by Gasteiger charge is 2.22. The fourth-order valence-electron chi connectivity index (χ4n) is 2.42. The maximum absolute atomic E-state index is 12.4. The molecule has 1 aliphatic heterocycles. The number of amides is 1. The van der Waals surface area contributed by atoms with Gasteiger partial charge in [-0.15, -0.1) is 0 Å². The Morgan fingerprint density at radius 3 is 2.54 bits per heavy atom. The first-order valence-corrected chi connectivity index (χ1v) is 9.63. The minimum Gasteiger partial charge on any atom is -0.354 e. The lowest BCUT2D eigenvalue weighted by Crippen LogP contribution is -2.47. The van der Waals surface area contributed by atoms with Crippen LogP contribution >= 0.6 is 11.6 Å². The van der Waals surface area contributed by atoms with Crippen molar-refractivity contribution in [2.75, 3.05) is 52.9 Å². The fraction of sp³-hybridized carbons (Fsp3) is 0.533. The number of benzene rings is 1. The molecule has 0 spiro atoms. The third-order valence-electron chi connectivity index (χ3n) is 3.85. The number of hydrogen-bond donors (Lipinski definition) is 2. The van der Waals surface area contributed by atoms with E-state index in [4.69, 9.17) is 11.6 Å². The Bertz CT molecular complexity index is 645. The van der Waals surface area contributed by atoms with Crippen LogP contribution in [0, 0.1) is 0 Å². The lowest BCUT2D eigenvalue weighted by atomic mass is 10.3. The number of likely N-dealkylation sites (N-methyl/N-ethyl adjacent to an activating group) is 1. The van der Waals surface area contributed by atoms with E-state index in [9.17, 15) is 13.2 Å². The van der Waals surface area contributed by atoms with Crippen LogP contribution in [0.25, 0.3) is 0 Å². The average Bonchev–Trinajstić information content (AvgIpc) is 2.56. The van der Waals surface area contributed by atoms with Crippen LogP contribution in [0.2, 0.25) is 5.02 Å². The lowest BCUT2D eigenvalue weighted by molar-refractivity contribution is -0.121. The zero-order valence-corrected chi connectivity index (χ0v) is 15.2. The molecule has 1 aliphatic rings. The molecule has 9 heteroatoms. The van der Waals surface area contributed by atoms with Crippen molar-refractivity contribution in [2.24, 2.45) is 0 Å². The Morgan fingerprint density at radius 2 is 1.92 bits per heavy atom. The topological polar surface area (TPSA) is 81.8 Å². The first-order valence-electron chi connectivity index (χ1n) is 7.81. The summed E-state index contributed by atoms with van der Waals surface area (Å²) in [6.45, 7) is 4.88. The van der Waals surface area contributed by atoms with E-state index >= 15 is 0 Å². The van der Waals surface area contributed by atoms with E-state index in [1.165, 1.54) is 31.3 Å². The SMILES string of the molecule is CN(CC(=O)NCCN1CCNCC1)S(=O)(=O)c1ccc(Cl)cc1. The number of sulfonamides is 1. The number of carbonyl (C=O) groups is 1. The molecule has 0 atom stereocenters. The van der Waals surface area contributed by atoms with Crippen molar-refractivity contribution in [2.45, 2.75) is 4.90 Å². The standard InChI is InChI=1S/C15H23ClN4O3S/c1-19(24(22,23)14-4-2-13(16)3-5-14)12-15(21)18-8-11-20-9-6-17-7-10-20/h2-5,17H,6-12H2,1H3,(H,18,21). The minimum absolute atomic E-state index is 0.114. The van der Waals surface area contributed by atoms with E-state index in [-0.39, 0.29) is 17.3 Å². The number of halogens is 1. The van der Waals surface area contributed by atoms with Crippen LogP contribution in [0.1, 0.15) is 0 Å². The molecule has 1 heterocycles. The monoisotopic (exact) mass is 374 g/mol. The molecule has 1 aromatic carbocycles. The van der Waals surface area contributed by atoms with Gasteiger partial charge in [0.05, 0.1) is 11.4 Å². The number of nitrogens with one attached hydrogen (secondary N) is 2. The van der Waals surface area contributed by atoms with Crippen molar-refractivity contribution in [3.63, 3.8) is 0 Å². The summed E-state index contributed by atoms with van der Waals surface area (Å²) in [6.07, 6.45) is 0. The van der Waals surface area contributed by atoms with E-state index in [0.29, 0.717) is 11.6 Å². The highest BCUT2D eigenvalue weighted by molar-refractivity contribution is 7.89. The normalized spacial score (nSPS) is 16.3. The summed E-state index contributed by atoms with van der Waals surface area (Å²) in [5.41, 5.74) is 0. The maximum Gasteiger partial charge on any atom is 0.243 e. The van der Waals surface area contributed by atoms with Gasteiger partial charge in [0.1, 0.15) is 0 Å². The molecule has 134 valence electrons. The van der Waals surface area contributed by atoms with Crippen molar-refractivity contribution in [3.8, 4) is 0 Å². The molecule has 2 rings (SSSR count). The summed E-state index contributed by atoms with van der Waals surface area (Å²) >= 11 is 5.77. The second-order valence-electron chi connectivity index (χ2n) is 5.66. The van der Waals surface area contributed by atoms with Crippen LogP contribution in [-0.2, 0) is 14.8 Å². The smallest absolute Gasteiger partial charge is 0.243 e. The predicted octanol–water partition coefficient (Wildman–Crippen LogP) is -0.0181. The largest absolute Gasteiger partial charge is 0.354 e. The maximum atomic E-state index is 12.4. The zero-order valence-electron chi connectivity index (χ0n) is 13.7. The molecule has 7 nitrogen and oxygen atoms in total. The Kier molecular flexibility index (Phi) is 7.00. The Balaban J connectivity index is 1.80. The van der Waals surface area contributed by atoms with Gasteiger partial charge in [0.25, 0.3) is 0 Å². The van der Waals surface area contributed by atoms with Crippen LogP contribution < -0.4 is 10.6 Å². The van der Waals surface area contributed by atoms with Crippen LogP contribution in [0.4, 0.5) is 0 Å². The summed E-state index contributed by atoms with van der Waals surface area (Å²) in [5.74, 6) is -0.315. The summed E-state index contributed by atoms with van der Waals surface area (Å²) in [4.78, 5) is 14.3. The summed E-state index contributed by atoms with van der Waals surface area (Å²) in [6, 6.07) is 5.87. The van der Waals surface area contributed by atoms with Gasteiger partial charge >= 0.3 is 0 Å². The van der Waals surface area contributed by atoms with E-state index in [1.54, 1.807) is 0 Å². The predicted molar refractivity (Wildman–Crippen MR) is 93.6 cm³/mol. The molecule has 1 fully saturated rings. The molecule has 0 aromatic heterocycles. The molecular weight excluding hydrogens is 352 g/mol. The van der Waals surface area contributed by atoms with Crippen molar-refractivity contribution >= 4 is 27.5 Å². The van der Waals surface area contributed by atoms with Gasteiger partial charge < -0.3 is 10.6 Å². The number of hydrogen-bond acceptors (Lipinski definition) is 5. The van der Waals surface area contributed by atoms with Gasteiger partial charge in [-0.05, 0) is 24.3 Å². The Morgan fingerprint density at radius 1 is 1.29 bits per heavy atom. The molecule has 0 bridgehead atoms. The molecule has 1 saturated heterocycles. The Hall–Kier alpha value is -1.19. The summed E-state index contributed by atoms with van der Waals surface area (Å²) in [7, 11) is -2.31. The molecule has 0 unspecified atom stereocenters. The van der Waals surface area contributed by atoms with Gasteiger partial charge in [0.2, 0.25) is 15.9 Å². The molecule has 1 aromatic rings. The molecule has 1 amide bonds. The van der Waals surface area contributed by atoms with E-state index in [2.05, 4.69) is 15.5 Å². The first kappa shape index (κ1) is 19.1. The molecule has 2 N–H and O–H groups in total. The molecule has 0 saturated carbocycles. The number of rotatable bonds is 7. The summed E-state index contributed by atoms with van der Waals surface area (Å²) in [5, 5.41) is 6.49. The summed E-state index contributed by atoms with van der Waals surface area (Å²) < 4.78 is 25.8. The van der Waals surface area contributed by atoms with E-state index in [0.717, 1.165) is 37.0 Å². The second-order valence-corrected chi connectivity index (χ2v) is 8.14. The van der Waals surface area contributed by atoms with Gasteiger partial charge in [0, 0.05) is 51.3 Å². The first-order chi connectivity index (χ1) is 11.4. The zero-order chi connectivity index (χ0) is 17.6. The van der Waals surface area contributed by atoms with Gasteiger partial charge in [-0.3, -0.25) is 9.69 Å². The van der Waals surface area contributed by atoms with Crippen LogP contribution in [-0.4, -0.2) is 76.4 Å². The molecule has 0 aliphatic carbocycles. The van der Waals surface area contributed by atoms with Gasteiger partial charge in [-0.25, -0.2) is 8.42 Å². The highest BCUT2D eigenvalue weighted by atomic mass is 35.5. The van der Waals surface area contributed by atoms with Crippen molar-refractivity contribution in [1.82, 2.24) is 19.8 Å². The average molecular weight is 375 g/mol. The number of nitrogens with zero attached hydrogens (tertiary/aromatic N) is 2. The van der Waals surface area contributed by atoms with Crippen molar-refractivity contribution in [1.29, 1.82) is 0 Å². The van der Waals surface area contributed by atoms with Gasteiger partial charge in [0.15, 0.2) is 0 Å². The van der Waals surface area contributed by atoms with Crippen molar-refractivity contribution < 1.29 is 13.2 Å². The third-order valence-corrected chi connectivity index (χ3v) is 5.92. The number of carbonyl (C=O) groups excluding carboxylic acids is 1. The van der Waals surface area contributed by atoms with Crippen molar-refractivity contribution in [3.05, 3.63) is 29.3 Å². The molecular formula is C15H23ClN4O3S.